The summed E-state index contributed by atoms with van der Waals surface area (Å²) in [6, 6.07) is 7.35. The van der Waals surface area contributed by atoms with E-state index in [9.17, 15) is 17.6 Å². The number of carbonyl (C=O) groups excluding carboxylic acids is 1. The first-order valence-corrected chi connectivity index (χ1v) is 8.52. The molecule has 0 radical (unpaired) electrons. The van der Waals surface area contributed by atoms with Crippen LogP contribution in [0, 0.1) is 5.82 Å². The van der Waals surface area contributed by atoms with Crippen LogP contribution in [-0.4, -0.2) is 28.5 Å². The molecule has 0 heterocycles. The Hall–Kier alpha value is -2.16. The third-order valence-electron chi connectivity index (χ3n) is 3.17. The van der Waals surface area contributed by atoms with E-state index in [-0.39, 0.29) is 26.9 Å². The number of halogens is 2. The molecule has 2 N–H and O–H groups in total. The highest BCUT2D eigenvalue weighted by atomic mass is 35.5. The minimum absolute atomic E-state index is 0.00535. The number of benzene rings is 2. The smallest absolute Gasteiger partial charge is 0.259 e. The van der Waals surface area contributed by atoms with E-state index in [1.54, 1.807) is 0 Å². The summed E-state index contributed by atoms with van der Waals surface area (Å²) in [5.74, 6) is -1.01. The largest absolute Gasteiger partial charge is 0.496 e. The molecule has 0 aromatic heterocycles. The predicted molar refractivity (Wildman–Crippen MR) is 88.6 cm³/mol. The second-order valence-corrected chi connectivity index (χ2v) is 6.94. The van der Waals surface area contributed by atoms with Gasteiger partial charge >= 0.3 is 0 Å². The van der Waals surface area contributed by atoms with Crippen LogP contribution in [0.5, 0.6) is 5.75 Å². The summed E-state index contributed by atoms with van der Waals surface area (Å²) in [4.78, 5) is 12.3. The van der Waals surface area contributed by atoms with Gasteiger partial charge in [0.1, 0.15) is 11.6 Å². The quantitative estimate of drug-likeness (QED) is 0.845. The summed E-state index contributed by atoms with van der Waals surface area (Å²) in [7, 11) is -1.12. The summed E-state index contributed by atoms with van der Waals surface area (Å²) in [6.45, 7) is 0. The zero-order valence-electron chi connectivity index (χ0n) is 12.8. The van der Waals surface area contributed by atoms with Crippen LogP contribution < -0.4 is 14.8 Å². The van der Waals surface area contributed by atoms with Crippen LogP contribution in [0.3, 0.4) is 0 Å². The Kier molecular flexibility index (Phi) is 5.43. The minimum Gasteiger partial charge on any atom is -0.496 e. The molecule has 2 aromatic rings. The average Bonchev–Trinajstić information content (AvgIpc) is 2.56. The number of anilines is 1. The Morgan fingerprint density at radius 2 is 1.92 bits per heavy atom. The molecule has 0 spiro atoms. The van der Waals surface area contributed by atoms with E-state index in [4.69, 9.17) is 16.3 Å². The summed E-state index contributed by atoms with van der Waals surface area (Å²) >= 11 is 5.87. The molecule has 2 aromatic carbocycles. The molecule has 0 aliphatic heterocycles. The van der Waals surface area contributed by atoms with Crippen molar-refractivity contribution in [3.05, 3.63) is 52.8 Å². The molecule has 24 heavy (non-hydrogen) atoms. The van der Waals surface area contributed by atoms with Crippen molar-refractivity contribution in [2.75, 3.05) is 19.5 Å². The van der Waals surface area contributed by atoms with Gasteiger partial charge in [-0.1, -0.05) is 11.6 Å². The van der Waals surface area contributed by atoms with Gasteiger partial charge in [-0.05, 0) is 43.4 Å². The van der Waals surface area contributed by atoms with Crippen molar-refractivity contribution >= 4 is 33.2 Å². The molecule has 9 heteroatoms. The Morgan fingerprint density at radius 1 is 1.21 bits per heavy atom. The third kappa shape index (κ3) is 3.84. The maximum atomic E-state index is 13.1. The van der Waals surface area contributed by atoms with Gasteiger partial charge in [0.05, 0.1) is 28.3 Å². The summed E-state index contributed by atoms with van der Waals surface area (Å²) in [6.07, 6.45) is 0. The molecular weight excluding hydrogens is 359 g/mol. The zero-order chi connectivity index (χ0) is 17.9. The highest BCUT2D eigenvalue weighted by Gasteiger charge is 2.19. The van der Waals surface area contributed by atoms with Crippen molar-refractivity contribution in [1.29, 1.82) is 0 Å². The Labute approximate surface area is 143 Å². The second kappa shape index (κ2) is 7.16. The maximum Gasteiger partial charge on any atom is 0.259 e. The Morgan fingerprint density at radius 3 is 2.50 bits per heavy atom. The number of hydrogen-bond donors (Lipinski definition) is 2. The number of rotatable bonds is 5. The lowest BCUT2D eigenvalue weighted by molar-refractivity contribution is 0.102. The van der Waals surface area contributed by atoms with Crippen molar-refractivity contribution in [3.8, 4) is 5.75 Å². The topological polar surface area (TPSA) is 84.5 Å². The van der Waals surface area contributed by atoms with Gasteiger partial charge in [-0.2, -0.15) is 0 Å². The monoisotopic (exact) mass is 372 g/mol. The summed E-state index contributed by atoms with van der Waals surface area (Å²) in [5.41, 5.74) is 0.182. The molecular formula is C15H14ClFN2O4S. The lowest BCUT2D eigenvalue weighted by Gasteiger charge is -2.12. The first-order chi connectivity index (χ1) is 11.3. The summed E-state index contributed by atoms with van der Waals surface area (Å²) in [5, 5.41) is 2.51. The normalized spacial score (nSPS) is 11.2. The first-order valence-electron chi connectivity index (χ1n) is 6.66. The number of methoxy groups -OCH3 is 1. The van der Waals surface area contributed by atoms with Crippen LogP contribution in [0.4, 0.5) is 10.1 Å². The lowest BCUT2D eigenvalue weighted by Crippen LogP contribution is -2.20. The van der Waals surface area contributed by atoms with Crippen LogP contribution in [-0.2, 0) is 10.0 Å². The fourth-order valence-corrected chi connectivity index (χ4v) is 2.90. The van der Waals surface area contributed by atoms with Gasteiger partial charge in [-0.25, -0.2) is 17.5 Å². The standard InChI is InChI=1S/C15H14ClFN2O4S/c1-18-24(21,22)10-4-6-14(23-2)11(8-10)15(20)19-13-5-3-9(17)7-12(13)16/h3-8,18H,1-2H3,(H,19,20). The number of amides is 1. The Bertz CT molecular complexity index is 887. The molecule has 2 rings (SSSR count). The predicted octanol–water partition coefficient (Wildman–Crippen LogP) is 2.65. The van der Waals surface area contributed by atoms with Crippen LogP contribution in [0.2, 0.25) is 5.02 Å². The molecule has 0 saturated carbocycles. The SMILES string of the molecule is CNS(=O)(=O)c1ccc(OC)c(C(=O)Nc2ccc(F)cc2Cl)c1. The van der Waals surface area contributed by atoms with Gasteiger partial charge in [0, 0.05) is 0 Å². The third-order valence-corrected chi connectivity index (χ3v) is 4.90. The van der Waals surface area contributed by atoms with Crippen LogP contribution >= 0.6 is 11.6 Å². The highest BCUT2D eigenvalue weighted by molar-refractivity contribution is 7.89. The molecule has 0 atom stereocenters. The molecule has 0 bridgehead atoms. The van der Waals surface area contributed by atoms with Gasteiger partial charge in [0.25, 0.3) is 5.91 Å². The molecule has 0 fully saturated rings. The van der Waals surface area contributed by atoms with Crippen molar-refractivity contribution < 1.29 is 22.3 Å². The van der Waals surface area contributed by atoms with Gasteiger partial charge in [-0.15, -0.1) is 0 Å². The van der Waals surface area contributed by atoms with E-state index >= 15 is 0 Å². The molecule has 128 valence electrons. The first kappa shape index (κ1) is 18.2. The van der Waals surface area contributed by atoms with E-state index in [0.29, 0.717) is 0 Å². The van der Waals surface area contributed by atoms with Gasteiger partial charge in [-0.3, -0.25) is 4.79 Å². The van der Waals surface area contributed by atoms with Crippen molar-refractivity contribution in [1.82, 2.24) is 4.72 Å². The van der Waals surface area contributed by atoms with Crippen LogP contribution in [0.25, 0.3) is 0 Å². The number of ether oxygens (including phenoxy) is 1. The van der Waals surface area contributed by atoms with Crippen molar-refractivity contribution in [2.45, 2.75) is 4.90 Å². The number of hydrogen-bond acceptors (Lipinski definition) is 4. The van der Waals surface area contributed by atoms with E-state index in [0.717, 1.165) is 12.1 Å². The number of nitrogens with one attached hydrogen (secondary N) is 2. The number of carbonyl (C=O) groups is 1. The maximum absolute atomic E-state index is 13.1. The fourth-order valence-electron chi connectivity index (χ4n) is 1.93. The molecule has 1 amide bonds. The van der Waals surface area contributed by atoms with E-state index < -0.39 is 21.7 Å². The number of sulfonamides is 1. The molecule has 0 unspecified atom stereocenters. The second-order valence-electron chi connectivity index (χ2n) is 4.65. The Balaban J connectivity index is 2.42. The average molecular weight is 373 g/mol. The van der Waals surface area contributed by atoms with Crippen LogP contribution in [0.15, 0.2) is 41.3 Å². The van der Waals surface area contributed by atoms with Gasteiger partial charge in [0.2, 0.25) is 10.0 Å². The highest BCUT2D eigenvalue weighted by Crippen LogP contribution is 2.26. The van der Waals surface area contributed by atoms with Crippen molar-refractivity contribution in [3.63, 3.8) is 0 Å². The molecule has 6 nitrogen and oxygen atoms in total. The molecule has 0 aliphatic carbocycles. The fraction of sp³-hybridized carbons (Fsp3) is 0.133. The summed E-state index contributed by atoms with van der Waals surface area (Å²) < 4.78 is 44.1. The van der Waals surface area contributed by atoms with E-state index in [1.165, 1.54) is 38.4 Å². The minimum atomic E-state index is -3.73. The van der Waals surface area contributed by atoms with Crippen molar-refractivity contribution in [2.24, 2.45) is 0 Å². The van der Waals surface area contributed by atoms with E-state index in [1.807, 2.05) is 0 Å². The zero-order valence-corrected chi connectivity index (χ0v) is 14.3. The van der Waals surface area contributed by atoms with Crippen LogP contribution in [0.1, 0.15) is 10.4 Å². The van der Waals surface area contributed by atoms with E-state index in [2.05, 4.69) is 10.0 Å². The molecule has 0 saturated heterocycles. The molecule has 0 aliphatic rings. The van der Waals surface area contributed by atoms with Gasteiger partial charge in [0.15, 0.2) is 0 Å². The van der Waals surface area contributed by atoms with Gasteiger partial charge < -0.3 is 10.1 Å². The lowest BCUT2D eigenvalue weighted by atomic mass is 10.2.